The molecule has 0 radical (unpaired) electrons. The SMILES string of the molecule is COCCN(C(=O)c1ccc(S(C)(=O)=O)cc1)C1CCN(Cc2ccccc2OC(F)F)CC1. The smallest absolute Gasteiger partial charge is 0.387 e. The summed E-state index contributed by atoms with van der Waals surface area (Å²) in [6.07, 6.45) is 2.56. The van der Waals surface area contributed by atoms with Crippen molar-refractivity contribution in [3.8, 4) is 5.75 Å². The van der Waals surface area contributed by atoms with Crippen molar-refractivity contribution in [2.45, 2.75) is 36.9 Å². The maximum absolute atomic E-state index is 13.3. The summed E-state index contributed by atoms with van der Waals surface area (Å²) in [4.78, 5) is 17.4. The van der Waals surface area contributed by atoms with Gasteiger partial charge in [0.2, 0.25) is 0 Å². The second-order valence-electron chi connectivity index (χ2n) is 8.28. The zero-order chi connectivity index (χ0) is 24.7. The minimum Gasteiger partial charge on any atom is -0.434 e. The van der Waals surface area contributed by atoms with Gasteiger partial charge in [-0.3, -0.25) is 9.69 Å². The maximum atomic E-state index is 13.3. The first-order valence-corrected chi connectivity index (χ1v) is 12.9. The molecular weight excluding hydrogens is 466 g/mol. The number of halogens is 2. The number of carbonyl (C=O) groups is 1. The molecule has 7 nitrogen and oxygen atoms in total. The molecule has 3 rings (SSSR count). The highest BCUT2D eigenvalue weighted by molar-refractivity contribution is 7.90. The van der Waals surface area contributed by atoms with E-state index >= 15 is 0 Å². The van der Waals surface area contributed by atoms with E-state index in [4.69, 9.17) is 4.74 Å². The standard InChI is InChI=1S/C24H30F2N2O5S/c1-32-16-15-28(23(29)18-7-9-21(10-8-18)34(2,30)31)20-11-13-27(14-12-20)17-19-5-3-4-6-22(19)33-24(25)26/h3-10,20,24H,11-17H2,1-2H3. The molecule has 2 aromatic rings. The molecule has 0 spiro atoms. The van der Waals surface area contributed by atoms with E-state index in [0.29, 0.717) is 43.9 Å². The number of sulfone groups is 1. The van der Waals surface area contributed by atoms with E-state index < -0.39 is 16.4 Å². The predicted molar refractivity (Wildman–Crippen MR) is 124 cm³/mol. The second-order valence-corrected chi connectivity index (χ2v) is 10.3. The van der Waals surface area contributed by atoms with Crippen LogP contribution in [-0.4, -0.2) is 76.4 Å². The first-order valence-electron chi connectivity index (χ1n) is 11.0. The van der Waals surface area contributed by atoms with Gasteiger partial charge in [-0.25, -0.2) is 8.42 Å². The Balaban J connectivity index is 1.66. The first-order chi connectivity index (χ1) is 16.2. The van der Waals surface area contributed by atoms with Crippen LogP contribution in [0.5, 0.6) is 5.75 Å². The number of methoxy groups -OCH3 is 1. The number of hydrogen-bond donors (Lipinski definition) is 0. The van der Waals surface area contributed by atoms with Crippen LogP contribution in [-0.2, 0) is 21.1 Å². The van der Waals surface area contributed by atoms with Crippen LogP contribution in [0.4, 0.5) is 8.78 Å². The zero-order valence-corrected chi connectivity index (χ0v) is 20.1. The maximum Gasteiger partial charge on any atom is 0.387 e. The lowest BCUT2D eigenvalue weighted by Crippen LogP contribution is -2.48. The summed E-state index contributed by atoms with van der Waals surface area (Å²) >= 11 is 0. The molecule has 0 saturated carbocycles. The Hall–Kier alpha value is -2.56. The minimum atomic E-state index is -3.34. The number of para-hydroxylation sites is 1. The first kappa shape index (κ1) is 26.1. The third-order valence-electron chi connectivity index (χ3n) is 5.91. The number of ether oxygens (including phenoxy) is 2. The molecule has 1 fully saturated rings. The number of hydrogen-bond acceptors (Lipinski definition) is 6. The van der Waals surface area contributed by atoms with E-state index in [9.17, 15) is 22.0 Å². The van der Waals surface area contributed by atoms with Crippen LogP contribution in [0.2, 0.25) is 0 Å². The van der Waals surface area contributed by atoms with Crippen LogP contribution in [0.1, 0.15) is 28.8 Å². The molecule has 0 aromatic heterocycles. The number of rotatable bonds is 10. The summed E-state index contributed by atoms with van der Waals surface area (Å²) in [7, 11) is -1.77. The topological polar surface area (TPSA) is 76.2 Å². The molecule has 0 unspecified atom stereocenters. The highest BCUT2D eigenvalue weighted by Gasteiger charge is 2.29. The number of alkyl halides is 2. The number of nitrogens with zero attached hydrogens (tertiary/aromatic N) is 2. The van der Waals surface area contributed by atoms with Crippen molar-refractivity contribution in [1.29, 1.82) is 0 Å². The number of amides is 1. The van der Waals surface area contributed by atoms with E-state index in [2.05, 4.69) is 9.64 Å². The molecule has 1 heterocycles. The van der Waals surface area contributed by atoms with Gasteiger partial charge in [0.1, 0.15) is 5.75 Å². The van der Waals surface area contributed by atoms with Crippen LogP contribution < -0.4 is 4.74 Å². The highest BCUT2D eigenvalue weighted by atomic mass is 32.2. The number of carbonyl (C=O) groups excluding carboxylic acids is 1. The fraction of sp³-hybridized carbons (Fsp3) is 0.458. The summed E-state index contributed by atoms with van der Waals surface area (Å²) in [6, 6.07) is 12.7. The normalized spacial score (nSPS) is 15.4. The van der Waals surface area contributed by atoms with E-state index in [0.717, 1.165) is 19.1 Å². The van der Waals surface area contributed by atoms with Crippen LogP contribution in [0.25, 0.3) is 0 Å². The Morgan fingerprint density at radius 1 is 1.12 bits per heavy atom. The third-order valence-corrected chi connectivity index (χ3v) is 7.04. The minimum absolute atomic E-state index is 0.0129. The van der Waals surface area contributed by atoms with E-state index in [1.807, 2.05) is 0 Å². The number of benzene rings is 2. The van der Waals surface area contributed by atoms with Crippen LogP contribution in [0.15, 0.2) is 53.4 Å². The summed E-state index contributed by atoms with van der Waals surface area (Å²) in [5.41, 5.74) is 1.11. The van der Waals surface area contributed by atoms with Gasteiger partial charge in [0, 0.05) is 56.7 Å². The van der Waals surface area contributed by atoms with Crippen molar-refractivity contribution in [2.24, 2.45) is 0 Å². The molecule has 1 aliphatic rings. The molecule has 0 bridgehead atoms. The molecule has 1 saturated heterocycles. The van der Waals surface area contributed by atoms with Crippen molar-refractivity contribution >= 4 is 15.7 Å². The Morgan fingerprint density at radius 3 is 2.35 bits per heavy atom. The van der Waals surface area contributed by atoms with Crippen molar-refractivity contribution in [2.75, 3.05) is 39.6 Å². The Labute approximate surface area is 199 Å². The average molecular weight is 497 g/mol. The lowest BCUT2D eigenvalue weighted by Gasteiger charge is -2.38. The molecule has 186 valence electrons. The van der Waals surface area contributed by atoms with Gasteiger partial charge in [-0.2, -0.15) is 8.78 Å². The molecule has 1 amide bonds. The van der Waals surface area contributed by atoms with Gasteiger partial charge in [-0.1, -0.05) is 18.2 Å². The van der Waals surface area contributed by atoms with Gasteiger partial charge in [0.25, 0.3) is 5.91 Å². The molecule has 1 aliphatic heterocycles. The van der Waals surface area contributed by atoms with Gasteiger partial charge < -0.3 is 14.4 Å². The van der Waals surface area contributed by atoms with Gasteiger partial charge in [0.15, 0.2) is 9.84 Å². The van der Waals surface area contributed by atoms with Gasteiger partial charge in [0.05, 0.1) is 11.5 Å². The van der Waals surface area contributed by atoms with Crippen molar-refractivity contribution in [1.82, 2.24) is 9.80 Å². The van der Waals surface area contributed by atoms with Crippen molar-refractivity contribution < 1.29 is 31.5 Å². The Morgan fingerprint density at radius 2 is 1.76 bits per heavy atom. The van der Waals surface area contributed by atoms with E-state index in [1.165, 1.54) is 30.3 Å². The summed E-state index contributed by atoms with van der Waals surface area (Å²) in [5, 5.41) is 0. The molecule has 10 heteroatoms. The van der Waals surface area contributed by atoms with Gasteiger partial charge in [-0.05, 0) is 43.2 Å². The van der Waals surface area contributed by atoms with Crippen LogP contribution in [0.3, 0.4) is 0 Å². The molecular formula is C24H30F2N2O5S. The highest BCUT2D eigenvalue weighted by Crippen LogP contribution is 2.25. The quantitative estimate of drug-likeness (QED) is 0.502. The van der Waals surface area contributed by atoms with E-state index in [-0.39, 0.29) is 22.6 Å². The zero-order valence-electron chi connectivity index (χ0n) is 19.3. The van der Waals surface area contributed by atoms with Crippen LogP contribution in [0, 0.1) is 0 Å². The van der Waals surface area contributed by atoms with Crippen molar-refractivity contribution in [3.63, 3.8) is 0 Å². The molecule has 2 aromatic carbocycles. The summed E-state index contributed by atoms with van der Waals surface area (Å²) < 4.78 is 58.7. The van der Waals surface area contributed by atoms with Gasteiger partial charge in [-0.15, -0.1) is 0 Å². The molecule has 0 aliphatic carbocycles. The number of piperidine rings is 1. The largest absolute Gasteiger partial charge is 0.434 e. The molecule has 0 atom stereocenters. The summed E-state index contributed by atoms with van der Waals surface area (Å²) in [6.45, 7) is -0.215. The lowest BCUT2D eigenvalue weighted by atomic mass is 10.0. The fourth-order valence-electron chi connectivity index (χ4n) is 4.13. The monoisotopic (exact) mass is 496 g/mol. The van der Waals surface area contributed by atoms with Gasteiger partial charge >= 0.3 is 6.61 Å². The summed E-state index contributed by atoms with van der Waals surface area (Å²) in [5.74, 6) is 0.000271. The second kappa shape index (κ2) is 11.7. The van der Waals surface area contributed by atoms with Crippen molar-refractivity contribution in [3.05, 3.63) is 59.7 Å². The number of likely N-dealkylation sites (tertiary alicyclic amines) is 1. The average Bonchev–Trinajstić information content (AvgIpc) is 2.80. The van der Waals surface area contributed by atoms with Crippen LogP contribution >= 0.6 is 0 Å². The molecule has 34 heavy (non-hydrogen) atoms. The Bertz CT molecular complexity index is 1060. The van der Waals surface area contributed by atoms with E-state index in [1.54, 1.807) is 30.2 Å². The predicted octanol–water partition coefficient (Wildman–Crippen LogP) is 3.44. The lowest BCUT2D eigenvalue weighted by molar-refractivity contribution is -0.0508. The fourth-order valence-corrected chi connectivity index (χ4v) is 4.76. The third kappa shape index (κ3) is 6.97. The molecule has 0 N–H and O–H groups in total. The Kier molecular flexibility index (Phi) is 8.98.